The summed E-state index contributed by atoms with van der Waals surface area (Å²) in [5.41, 5.74) is 0. The fourth-order valence-corrected chi connectivity index (χ4v) is 1.38. The molecule has 0 heterocycles. The van der Waals surface area contributed by atoms with Crippen LogP contribution in [0.15, 0.2) is 0 Å². The van der Waals surface area contributed by atoms with E-state index in [9.17, 15) is 9.59 Å². The second-order valence-corrected chi connectivity index (χ2v) is 4.16. The maximum absolute atomic E-state index is 11.2. The van der Waals surface area contributed by atoms with Gasteiger partial charge in [0, 0.05) is 12.8 Å². The first kappa shape index (κ1) is 15.9. The van der Waals surface area contributed by atoms with E-state index in [1.807, 2.05) is 20.8 Å². The predicted molar refractivity (Wildman–Crippen MR) is 65.6 cm³/mol. The fraction of sp³-hybridized carbons (Fsp3) is 0.846. The van der Waals surface area contributed by atoms with E-state index in [0.29, 0.717) is 19.4 Å². The fourth-order valence-electron chi connectivity index (χ4n) is 1.38. The van der Waals surface area contributed by atoms with Gasteiger partial charge < -0.3 is 9.47 Å². The number of esters is 2. The Bertz CT molecular complexity index is 225. The Morgan fingerprint density at radius 3 is 2.24 bits per heavy atom. The van der Waals surface area contributed by atoms with Crippen molar-refractivity contribution >= 4 is 11.9 Å². The van der Waals surface area contributed by atoms with Gasteiger partial charge >= 0.3 is 11.9 Å². The van der Waals surface area contributed by atoms with Crippen molar-refractivity contribution in [1.82, 2.24) is 0 Å². The highest BCUT2D eigenvalue weighted by atomic mass is 16.5. The van der Waals surface area contributed by atoms with Crippen molar-refractivity contribution in [1.29, 1.82) is 0 Å². The van der Waals surface area contributed by atoms with Crippen LogP contribution in [0.25, 0.3) is 0 Å². The van der Waals surface area contributed by atoms with E-state index in [2.05, 4.69) is 0 Å². The lowest BCUT2D eigenvalue weighted by Gasteiger charge is -2.12. The molecule has 0 aromatic heterocycles. The molecular formula is C13H24O4. The zero-order chi connectivity index (χ0) is 13.1. The van der Waals surface area contributed by atoms with Crippen LogP contribution in [0.5, 0.6) is 0 Å². The molecule has 0 spiro atoms. The molecule has 0 aliphatic carbocycles. The summed E-state index contributed by atoms with van der Waals surface area (Å²) in [6.45, 7) is 6.16. The average Bonchev–Trinajstić information content (AvgIpc) is 2.25. The minimum absolute atomic E-state index is 0.0982. The van der Waals surface area contributed by atoms with Crippen LogP contribution >= 0.6 is 0 Å². The van der Waals surface area contributed by atoms with Crippen molar-refractivity contribution in [3.8, 4) is 0 Å². The third-order valence-electron chi connectivity index (χ3n) is 2.26. The number of hydrogen-bond acceptors (Lipinski definition) is 4. The summed E-state index contributed by atoms with van der Waals surface area (Å²) in [7, 11) is 0. The van der Waals surface area contributed by atoms with E-state index < -0.39 is 0 Å². The van der Waals surface area contributed by atoms with Gasteiger partial charge in [-0.05, 0) is 32.6 Å². The first-order valence-corrected chi connectivity index (χ1v) is 6.45. The summed E-state index contributed by atoms with van der Waals surface area (Å²) >= 11 is 0. The van der Waals surface area contributed by atoms with Crippen LogP contribution < -0.4 is 0 Å². The summed E-state index contributed by atoms with van der Waals surface area (Å²) in [6.07, 6.45) is 3.92. The van der Waals surface area contributed by atoms with Gasteiger partial charge in [0.15, 0.2) is 0 Å². The Kier molecular flexibility index (Phi) is 9.49. The summed E-state index contributed by atoms with van der Waals surface area (Å²) < 4.78 is 10.2. The van der Waals surface area contributed by atoms with Crippen LogP contribution in [0.2, 0.25) is 0 Å². The maximum Gasteiger partial charge on any atom is 0.306 e. The summed E-state index contributed by atoms with van der Waals surface area (Å²) in [6, 6.07) is 0. The highest BCUT2D eigenvalue weighted by Gasteiger charge is 2.08. The SMILES string of the molecule is CCCC(=O)OCCCC(C)OC(=O)CCC. The molecule has 100 valence electrons. The van der Waals surface area contributed by atoms with Crippen molar-refractivity contribution < 1.29 is 19.1 Å². The maximum atomic E-state index is 11.2. The molecule has 1 unspecified atom stereocenters. The molecule has 0 aromatic rings. The van der Waals surface area contributed by atoms with Crippen molar-refractivity contribution in [3.63, 3.8) is 0 Å². The van der Waals surface area contributed by atoms with Crippen LogP contribution in [0, 0.1) is 0 Å². The van der Waals surface area contributed by atoms with Gasteiger partial charge in [-0.15, -0.1) is 0 Å². The van der Waals surface area contributed by atoms with Gasteiger partial charge in [0.2, 0.25) is 0 Å². The molecule has 0 saturated carbocycles. The zero-order valence-corrected chi connectivity index (χ0v) is 11.2. The molecule has 0 bridgehead atoms. The van der Waals surface area contributed by atoms with E-state index in [4.69, 9.17) is 9.47 Å². The molecule has 0 N–H and O–H groups in total. The van der Waals surface area contributed by atoms with E-state index in [0.717, 1.165) is 25.7 Å². The smallest absolute Gasteiger partial charge is 0.306 e. The summed E-state index contributed by atoms with van der Waals surface area (Å²) in [5, 5.41) is 0. The Labute approximate surface area is 104 Å². The second-order valence-electron chi connectivity index (χ2n) is 4.16. The minimum atomic E-state index is -0.150. The number of carbonyl (C=O) groups is 2. The highest BCUT2D eigenvalue weighted by molar-refractivity contribution is 5.69. The summed E-state index contributed by atoms with van der Waals surface area (Å²) in [4.78, 5) is 22.2. The molecule has 0 aliphatic rings. The zero-order valence-electron chi connectivity index (χ0n) is 11.2. The molecular weight excluding hydrogens is 220 g/mol. The van der Waals surface area contributed by atoms with Crippen molar-refractivity contribution in [2.75, 3.05) is 6.61 Å². The van der Waals surface area contributed by atoms with Crippen LogP contribution in [0.3, 0.4) is 0 Å². The topological polar surface area (TPSA) is 52.6 Å². The number of carbonyl (C=O) groups excluding carboxylic acids is 2. The molecule has 17 heavy (non-hydrogen) atoms. The van der Waals surface area contributed by atoms with Gasteiger partial charge in [0.05, 0.1) is 12.7 Å². The third-order valence-corrected chi connectivity index (χ3v) is 2.26. The predicted octanol–water partition coefficient (Wildman–Crippen LogP) is 2.84. The van der Waals surface area contributed by atoms with E-state index in [-0.39, 0.29) is 18.0 Å². The molecule has 0 fully saturated rings. The lowest BCUT2D eigenvalue weighted by atomic mass is 10.2. The van der Waals surface area contributed by atoms with Gasteiger partial charge in [-0.1, -0.05) is 13.8 Å². The normalized spacial score (nSPS) is 11.9. The van der Waals surface area contributed by atoms with Gasteiger partial charge in [0.1, 0.15) is 0 Å². The van der Waals surface area contributed by atoms with Crippen molar-refractivity contribution in [2.45, 2.75) is 65.4 Å². The first-order chi connectivity index (χ1) is 8.10. The molecule has 0 saturated heterocycles. The first-order valence-electron chi connectivity index (χ1n) is 6.45. The molecule has 0 rings (SSSR count). The Hall–Kier alpha value is -1.06. The third kappa shape index (κ3) is 9.85. The molecule has 0 amide bonds. The van der Waals surface area contributed by atoms with Crippen molar-refractivity contribution in [2.24, 2.45) is 0 Å². The summed E-state index contributed by atoms with van der Waals surface area (Å²) in [5.74, 6) is -0.300. The molecule has 1 atom stereocenters. The molecule has 4 heteroatoms. The lowest BCUT2D eigenvalue weighted by Crippen LogP contribution is -2.15. The minimum Gasteiger partial charge on any atom is -0.466 e. The van der Waals surface area contributed by atoms with E-state index in [1.54, 1.807) is 0 Å². The van der Waals surface area contributed by atoms with Crippen LogP contribution in [0.1, 0.15) is 59.3 Å². The standard InChI is InChI=1S/C13H24O4/c1-4-7-12(14)16-10-6-9-11(3)17-13(15)8-5-2/h11H,4-10H2,1-3H3. The highest BCUT2D eigenvalue weighted by Crippen LogP contribution is 2.05. The largest absolute Gasteiger partial charge is 0.466 e. The number of rotatable bonds is 9. The Morgan fingerprint density at radius 2 is 1.65 bits per heavy atom. The Morgan fingerprint density at radius 1 is 1.06 bits per heavy atom. The monoisotopic (exact) mass is 244 g/mol. The van der Waals surface area contributed by atoms with Crippen LogP contribution in [-0.4, -0.2) is 24.6 Å². The van der Waals surface area contributed by atoms with Crippen LogP contribution in [0.4, 0.5) is 0 Å². The number of hydrogen-bond donors (Lipinski definition) is 0. The van der Waals surface area contributed by atoms with E-state index >= 15 is 0 Å². The molecule has 0 aromatic carbocycles. The molecule has 4 nitrogen and oxygen atoms in total. The quantitative estimate of drug-likeness (QED) is 0.462. The molecule has 0 radical (unpaired) electrons. The van der Waals surface area contributed by atoms with Gasteiger partial charge in [-0.3, -0.25) is 9.59 Å². The molecule has 0 aliphatic heterocycles. The van der Waals surface area contributed by atoms with E-state index in [1.165, 1.54) is 0 Å². The van der Waals surface area contributed by atoms with Crippen LogP contribution in [-0.2, 0) is 19.1 Å². The number of ether oxygens (including phenoxy) is 2. The van der Waals surface area contributed by atoms with Gasteiger partial charge in [-0.25, -0.2) is 0 Å². The average molecular weight is 244 g/mol. The van der Waals surface area contributed by atoms with Gasteiger partial charge in [0.25, 0.3) is 0 Å². The lowest BCUT2D eigenvalue weighted by molar-refractivity contribution is -0.150. The Balaban J connectivity index is 3.47. The van der Waals surface area contributed by atoms with Gasteiger partial charge in [-0.2, -0.15) is 0 Å². The second kappa shape index (κ2) is 10.1. The van der Waals surface area contributed by atoms with Crippen molar-refractivity contribution in [3.05, 3.63) is 0 Å².